The van der Waals surface area contributed by atoms with Crippen LogP contribution in [0.2, 0.25) is 0 Å². The Hall–Kier alpha value is -2.33. The molecule has 1 aromatic rings. The number of hydrogen-bond acceptors (Lipinski definition) is 6. The van der Waals surface area contributed by atoms with E-state index in [9.17, 15) is 4.79 Å². The third-order valence-corrected chi connectivity index (χ3v) is 4.93. The molecule has 134 valence electrons. The van der Waals surface area contributed by atoms with Crippen LogP contribution in [-0.4, -0.2) is 72.8 Å². The van der Waals surface area contributed by atoms with Crippen LogP contribution >= 0.6 is 0 Å². The molecule has 2 aliphatic rings. The number of anilines is 1. The second-order valence-electron chi connectivity index (χ2n) is 6.46. The molecule has 0 saturated carbocycles. The zero-order chi connectivity index (χ0) is 17.6. The lowest BCUT2D eigenvalue weighted by atomic mass is 10.0. The van der Waals surface area contributed by atoms with Gasteiger partial charge in [-0.2, -0.15) is 5.26 Å². The summed E-state index contributed by atoms with van der Waals surface area (Å²) in [5.41, 5.74) is 0.461. The Balaban J connectivity index is 1.57. The first-order valence-electron chi connectivity index (χ1n) is 8.99. The highest BCUT2D eigenvalue weighted by Crippen LogP contribution is 2.22. The molecular formula is C18H25N5O2. The zero-order valence-electron chi connectivity index (χ0n) is 14.7. The molecule has 7 heteroatoms. The minimum atomic E-state index is -0.204. The standard InChI is InChI=1S/C18H25N5O2/c1-2-25-18(24)22-11-9-21(10-12-22)16-6-4-8-23(14-16)17-7-3-5-15(13-19)20-17/h3,5,7,16H,2,4,6,8-12,14H2,1H3/t16-/m1/s1. The number of pyridine rings is 1. The molecule has 7 nitrogen and oxygen atoms in total. The van der Waals surface area contributed by atoms with Crippen LogP contribution in [0.1, 0.15) is 25.5 Å². The molecule has 0 radical (unpaired) electrons. The van der Waals surface area contributed by atoms with Crippen molar-refractivity contribution in [3.05, 3.63) is 23.9 Å². The van der Waals surface area contributed by atoms with Crippen molar-refractivity contribution in [2.45, 2.75) is 25.8 Å². The van der Waals surface area contributed by atoms with E-state index < -0.39 is 0 Å². The first-order valence-corrected chi connectivity index (χ1v) is 8.99. The van der Waals surface area contributed by atoms with E-state index in [0.717, 1.165) is 57.9 Å². The van der Waals surface area contributed by atoms with E-state index in [1.54, 1.807) is 11.0 Å². The third kappa shape index (κ3) is 4.20. The Morgan fingerprint density at radius 3 is 2.84 bits per heavy atom. The van der Waals surface area contributed by atoms with Crippen LogP contribution < -0.4 is 4.90 Å². The Kier molecular flexibility index (Phi) is 5.71. The number of hydrogen-bond donors (Lipinski definition) is 0. The normalized spacial score (nSPS) is 21.7. The van der Waals surface area contributed by atoms with Crippen molar-refractivity contribution in [1.29, 1.82) is 5.26 Å². The van der Waals surface area contributed by atoms with Gasteiger partial charge in [0.2, 0.25) is 0 Å². The van der Waals surface area contributed by atoms with Crippen LogP contribution in [0.3, 0.4) is 0 Å². The van der Waals surface area contributed by atoms with E-state index in [-0.39, 0.29) is 6.09 Å². The molecule has 3 heterocycles. The summed E-state index contributed by atoms with van der Waals surface area (Å²) in [6, 6.07) is 8.17. The Morgan fingerprint density at radius 2 is 2.12 bits per heavy atom. The van der Waals surface area contributed by atoms with E-state index in [0.29, 0.717) is 18.3 Å². The van der Waals surface area contributed by atoms with Crippen LogP contribution in [-0.2, 0) is 4.74 Å². The number of rotatable bonds is 3. The summed E-state index contributed by atoms with van der Waals surface area (Å²) in [7, 11) is 0. The van der Waals surface area contributed by atoms with Gasteiger partial charge >= 0.3 is 6.09 Å². The predicted molar refractivity (Wildman–Crippen MR) is 94.4 cm³/mol. The molecule has 25 heavy (non-hydrogen) atoms. The van der Waals surface area contributed by atoms with Gasteiger partial charge in [0, 0.05) is 45.3 Å². The lowest BCUT2D eigenvalue weighted by Gasteiger charge is -2.43. The molecule has 1 atom stereocenters. The van der Waals surface area contributed by atoms with Gasteiger partial charge in [0.15, 0.2) is 0 Å². The van der Waals surface area contributed by atoms with Crippen molar-refractivity contribution in [2.75, 3.05) is 50.8 Å². The molecule has 3 rings (SSSR count). The molecule has 0 unspecified atom stereocenters. The summed E-state index contributed by atoms with van der Waals surface area (Å²) in [4.78, 5) is 22.8. The maximum absolute atomic E-state index is 11.8. The molecule has 0 aromatic carbocycles. The Labute approximate surface area is 148 Å². The third-order valence-electron chi connectivity index (χ3n) is 4.93. The smallest absolute Gasteiger partial charge is 0.409 e. The number of carbonyl (C=O) groups excluding carboxylic acids is 1. The topological polar surface area (TPSA) is 72.7 Å². The Bertz CT molecular complexity index is 637. The molecule has 0 aliphatic carbocycles. The molecular weight excluding hydrogens is 318 g/mol. The minimum Gasteiger partial charge on any atom is -0.450 e. The van der Waals surface area contributed by atoms with Gasteiger partial charge in [0.1, 0.15) is 17.6 Å². The van der Waals surface area contributed by atoms with Crippen LogP contribution in [0.15, 0.2) is 18.2 Å². The maximum Gasteiger partial charge on any atom is 0.409 e. The summed E-state index contributed by atoms with van der Waals surface area (Å²) in [5.74, 6) is 0.883. The van der Waals surface area contributed by atoms with Gasteiger partial charge in [-0.25, -0.2) is 9.78 Å². The highest BCUT2D eigenvalue weighted by molar-refractivity contribution is 5.67. The van der Waals surface area contributed by atoms with Gasteiger partial charge in [-0.1, -0.05) is 6.07 Å². The quantitative estimate of drug-likeness (QED) is 0.832. The van der Waals surface area contributed by atoms with Crippen molar-refractivity contribution in [3.8, 4) is 6.07 Å². The molecule has 1 aromatic heterocycles. The SMILES string of the molecule is CCOC(=O)N1CCN([C@@H]2CCCN(c3cccc(C#N)n3)C2)CC1. The lowest BCUT2D eigenvalue weighted by Crippen LogP contribution is -2.56. The van der Waals surface area contributed by atoms with Gasteiger partial charge in [0.25, 0.3) is 0 Å². The van der Waals surface area contributed by atoms with Crippen molar-refractivity contribution in [3.63, 3.8) is 0 Å². The number of carbonyl (C=O) groups is 1. The zero-order valence-corrected chi connectivity index (χ0v) is 14.7. The summed E-state index contributed by atoms with van der Waals surface area (Å²) < 4.78 is 5.08. The van der Waals surface area contributed by atoms with E-state index in [4.69, 9.17) is 10.00 Å². The van der Waals surface area contributed by atoms with Gasteiger partial charge in [-0.3, -0.25) is 4.90 Å². The van der Waals surface area contributed by atoms with E-state index >= 15 is 0 Å². The van der Waals surface area contributed by atoms with Crippen molar-refractivity contribution < 1.29 is 9.53 Å². The summed E-state index contributed by atoms with van der Waals surface area (Å²) in [6.45, 7) is 7.34. The molecule has 2 saturated heterocycles. The average molecular weight is 343 g/mol. The fourth-order valence-corrected chi connectivity index (χ4v) is 3.61. The van der Waals surface area contributed by atoms with Crippen LogP contribution in [0.4, 0.5) is 10.6 Å². The number of ether oxygens (including phenoxy) is 1. The van der Waals surface area contributed by atoms with Crippen molar-refractivity contribution >= 4 is 11.9 Å². The van der Waals surface area contributed by atoms with Crippen molar-refractivity contribution in [1.82, 2.24) is 14.8 Å². The van der Waals surface area contributed by atoms with E-state index in [1.807, 2.05) is 19.1 Å². The second kappa shape index (κ2) is 8.17. The first kappa shape index (κ1) is 17.5. The van der Waals surface area contributed by atoms with Gasteiger partial charge in [0.05, 0.1) is 6.61 Å². The van der Waals surface area contributed by atoms with E-state index in [1.165, 1.54) is 0 Å². The Morgan fingerprint density at radius 1 is 1.32 bits per heavy atom. The highest BCUT2D eigenvalue weighted by Gasteiger charge is 2.30. The number of piperazine rings is 1. The first-order chi connectivity index (χ1) is 12.2. The van der Waals surface area contributed by atoms with Crippen LogP contribution in [0, 0.1) is 11.3 Å². The van der Waals surface area contributed by atoms with Crippen LogP contribution in [0.25, 0.3) is 0 Å². The number of aromatic nitrogens is 1. The molecule has 0 N–H and O–H groups in total. The number of nitrogens with zero attached hydrogens (tertiary/aromatic N) is 5. The van der Waals surface area contributed by atoms with Gasteiger partial charge in [-0.05, 0) is 31.9 Å². The molecule has 0 spiro atoms. The van der Waals surface area contributed by atoms with Gasteiger partial charge in [-0.15, -0.1) is 0 Å². The summed E-state index contributed by atoms with van der Waals surface area (Å²) >= 11 is 0. The highest BCUT2D eigenvalue weighted by atomic mass is 16.6. The predicted octanol–water partition coefficient (Wildman–Crippen LogP) is 1.70. The monoisotopic (exact) mass is 343 g/mol. The largest absolute Gasteiger partial charge is 0.450 e. The molecule has 2 aliphatic heterocycles. The number of piperidine rings is 1. The minimum absolute atomic E-state index is 0.204. The average Bonchev–Trinajstić information content (AvgIpc) is 2.68. The summed E-state index contributed by atoms with van der Waals surface area (Å²) in [5, 5.41) is 9.04. The lowest BCUT2D eigenvalue weighted by molar-refractivity contribution is 0.0629. The van der Waals surface area contributed by atoms with E-state index in [2.05, 4.69) is 20.9 Å². The molecule has 1 amide bonds. The van der Waals surface area contributed by atoms with Crippen molar-refractivity contribution in [2.24, 2.45) is 0 Å². The fraction of sp³-hybridized carbons (Fsp3) is 0.611. The maximum atomic E-state index is 11.8. The van der Waals surface area contributed by atoms with Crippen LogP contribution in [0.5, 0.6) is 0 Å². The second-order valence-corrected chi connectivity index (χ2v) is 6.46. The summed E-state index contributed by atoms with van der Waals surface area (Å²) in [6.07, 6.45) is 2.07. The molecule has 2 fully saturated rings. The number of amides is 1. The fourth-order valence-electron chi connectivity index (χ4n) is 3.61. The van der Waals surface area contributed by atoms with Gasteiger partial charge < -0.3 is 14.5 Å². The molecule has 0 bridgehead atoms. The number of nitriles is 1.